The fraction of sp³-hybridized carbons (Fsp3) is 0.235. The summed E-state index contributed by atoms with van der Waals surface area (Å²) in [5.74, 6) is -0.00700. The largest absolute Gasteiger partial charge is 0.345 e. The first-order valence-corrected chi connectivity index (χ1v) is 8.08. The summed E-state index contributed by atoms with van der Waals surface area (Å²) in [7, 11) is 0. The van der Waals surface area contributed by atoms with E-state index in [1.54, 1.807) is 23.2 Å². The Morgan fingerprint density at radius 3 is 2.83 bits per heavy atom. The molecule has 0 aromatic carbocycles. The van der Waals surface area contributed by atoms with E-state index in [9.17, 15) is 9.59 Å². The van der Waals surface area contributed by atoms with E-state index in [-0.39, 0.29) is 24.6 Å². The number of fused-ring (bicyclic) bond motifs is 2. The van der Waals surface area contributed by atoms with Gasteiger partial charge < -0.3 is 9.47 Å². The van der Waals surface area contributed by atoms with Crippen LogP contribution in [0.15, 0.2) is 47.7 Å². The third-order valence-electron chi connectivity index (χ3n) is 4.27. The summed E-state index contributed by atoms with van der Waals surface area (Å²) in [5.41, 5.74) is 1.76. The molecule has 0 saturated heterocycles. The van der Waals surface area contributed by atoms with Crippen molar-refractivity contribution >= 4 is 23.2 Å². The molecule has 24 heavy (non-hydrogen) atoms. The summed E-state index contributed by atoms with van der Waals surface area (Å²) in [5, 5.41) is 0.475. The van der Waals surface area contributed by atoms with Crippen LogP contribution in [0.3, 0.4) is 0 Å². The lowest BCUT2D eigenvalue weighted by Crippen LogP contribution is -2.41. The van der Waals surface area contributed by atoms with Crippen molar-refractivity contribution in [3.63, 3.8) is 0 Å². The van der Waals surface area contributed by atoms with E-state index < -0.39 is 0 Å². The van der Waals surface area contributed by atoms with Gasteiger partial charge in [-0.3, -0.25) is 14.0 Å². The zero-order valence-corrected chi connectivity index (χ0v) is 13.6. The lowest BCUT2D eigenvalue weighted by atomic mass is 10.1. The second kappa shape index (κ2) is 5.79. The molecule has 0 spiro atoms. The van der Waals surface area contributed by atoms with E-state index >= 15 is 0 Å². The van der Waals surface area contributed by atoms with Gasteiger partial charge in [0.05, 0.1) is 22.8 Å². The Morgan fingerprint density at radius 1 is 1.25 bits per heavy atom. The van der Waals surface area contributed by atoms with E-state index in [0.717, 1.165) is 5.69 Å². The number of pyridine rings is 1. The number of nitrogens with zero attached hydrogens (tertiary/aromatic N) is 4. The average Bonchev–Trinajstić information content (AvgIpc) is 3.08. The van der Waals surface area contributed by atoms with Crippen LogP contribution in [-0.2, 0) is 24.3 Å². The van der Waals surface area contributed by atoms with Crippen LogP contribution in [0, 0.1) is 0 Å². The minimum atomic E-state index is -0.157. The highest BCUT2D eigenvalue weighted by molar-refractivity contribution is 6.30. The minimum Gasteiger partial charge on any atom is -0.345 e. The molecule has 0 unspecified atom stereocenters. The highest BCUT2D eigenvalue weighted by atomic mass is 35.5. The van der Waals surface area contributed by atoms with Crippen LogP contribution in [0.2, 0.25) is 5.02 Å². The van der Waals surface area contributed by atoms with Gasteiger partial charge in [0.2, 0.25) is 5.91 Å². The molecule has 6 nitrogen and oxygen atoms in total. The van der Waals surface area contributed by atoms with Gasteiger partial charge in [0.15, 0.2) is 0 Å². The number of hydrogen-bond donors (Lipinski definition) is 0. The maximum absolute atomic E-state index is 12.7. The first kappa shape index (κ1) is 15.0. The molecule has 0 radical (unpaired) electrons. The fourth-order valence-electron chi connectivity index (χ4n) is 3.02. The number of aromatic nitrogens is 3. The van der Waals surface area contributed by atoms with Crippen molar-refractivity contribution in [3.05, 3.63) is 69.5 Å². The van der Waals surface area contributed by atoms with Gasteiger partial charge in [-0.25, -0.2) is 4.98 Å². The molecule has 4 heterocycles. The first-order valence-electron chi connectivity index (χ1n) is 7.70. The summed E-state index contributed by atoms with van der Waals surface area (Å²) in [6, 6.07) is 7.20. The molecule has 1 aliphatic rings. The van der Waals surface area contributed by atoms with Gasteiger partial charge in [0.1, 0.15) is 12.2 Å². The van der Waals surface area contributed by atoms with Gasteiger partial charge in [0.25, 0.3) is 5.56 Å². The van der Waals surface area contributed by atoms with Crippen LogP contribution >= 0.6 is 11.6 Å². The molecule has 3 aromatic rings. The lowest BCUT2D eigenvalue weighted by Gasteiger charge is -2.28. The van der Waals surface area contributed by atoms with E-state index in [4.69, 9.17) is 11.6 Å². The summed E-state index contributed by atoms with van der Waals surface area (Å²) in [4.78, 5) is 31.4. The predicted octanol–water partition coefficient (Wildman–Crippen LogP) is 1.73. The molecule has 4 rings (SSSR count). The molecule has 0 atom stereocenters. The molecular formula is C17H15ClN4O2. The number of rotatable bonds is 2. The zero-order valence-electron chi connectivity index (χ0n) is 12.9. The molecule has 0 N–H and O–H groups in total. The Morgan fingerprint density at radius 2 is 2.04 bits per heavy atom. The Balaban J connectivity index is 1.67. The number of carbonyl (C=O) groups is 1. The monoisotopic (exact) mass is 342 g/mol. The van der Waals surface area contributed by atoms with E-state index in [1.807, 2.05) is 29.1 Å². The average molecular weight is 343 g/mol. The van der Waals surface area contributed by atoms with Crippen molar-refractivity contribution < 1.29 is 4.79 Å². The topological polar surface area (TPSA) is 59.6 Å². The van der Waals surface area contributed by atoms with Gasteiger partial charge >= 0.3 is 0 Å². The van der Waals surface area contributed by atoms with Gasteiger partial charge in [0, 0.05) is 31.6 Å². The Bertz CT molecular complexity index is 978. The Kier molecular flexibility index (Phi) is 3.61. The van der Waals surface area contributed by atoms with Crippen LogP contribution < -0.4 is 5.56 Å². The fourth-order valence-corrected chi connectivity index (χ4v) is 3.18. The van der Waals surface area contributed by atoms with Gasteiger partial charge in [-0.2, -0.15) is 0 Å². The van der Waals surface area contributed by atoms with Gasteiger partial charge in [-0.1, -0.05) is 11.6 Å². The maximum atomic E-state index is 12.7. The third kappa shape index (κ3) is 2.59. The third-order valence-corrected chi connectivity index (χ3v) is 4.49. The molecule has 0 bridgehead atoms. The standard InChI is InChI=1S/C17H15ClN4O2/c18-12-3-4-15-19-14-5-8-21(10-13(14)17(24)22(15)9-12)16(23)11-20-6-1-2-7-20/h1-4,6-7,9H,5,8,10-11H2. The molecule has 122 valence electrons. The quantitative estimate of drug-likeness (QED) is 0.712. The SMILES string of the molecule is O=C(Cn1cccc1)N1CCc2nc3ccc(Cl)cn3c(=O)c2C1. The van der Waals surface area contributed by atoms with E-state index in [0.29, 0.717) is 29.2 Å². The van der Waals surface area contributed by atoms with Crippen LogP contribution in [0.4, 0.5) is 0 Å². The van der Waals surface area contributed by atoms with Crippen molar-refractivity contribution in [1.29, 1.82) is 0 Å². The molecule has 1 amide bonds. The zero-order chi connectivity index (χ0) is 16.7. The predicted molar refractivity (Wildman–Crippen MR) is 90.0 cm³/mol. The number of hydrogen-bond acceptors (Lipinski definition) is 3. The van der Waals surface area contributed by atoms with Gasteiger partial charge in [-0.15, -0.1) is 0 Å². The van der Waals surface area contributed by atoms with Crippen molar-refractivity contribution in [3.8, 4) is 0 Å². The highest BCUT2D eigenvalue weighted by Crippen LogP contribution is 2.17. The summed E-state index contributed by atoms with van der Waals surface area (Å²) >= 11 is 5.98. The van der Waals surface area contributed by atoms with Crippen molar-refractivity contribution in [2.75, 3.05) is 6.54 Å². The minimum absolute atomic E-state index is 0.00700. The van der Waals surface area contributed by atoms with E-state index in [2.05, 4.69) is 4.98 Å². The van der Waals surface area contributed by atoms with Crippen molar-refractivity contribution in [1.82, 2.24) is 18.9 Å². The Labute approximate surface area is 142 Å². The number of halogens is 1. The summed E-state index contributed by atoms with van der Waals surface area (Å²) < 4.78 is 3.27. The molecular weight excluding hydrogens is 328 g/mol. The first-order chi connectivity index (χ1) is 11.6. The normalized spacial score (nSPS) is 14.0. The van der Waals surface area contributed by atoms with Crippen molar-refractivity contribution in [2.45, 2.75) is 19.5 Å². The molecule has 7 heteroatoms. The number of carbonyl (C=O) groups excluding carboxylic acids is 1. The second-order valence-corrected chi connectivity index (χ2v) is 6.27. The molecule has 3 aromatic heterocycles. The summed E-state index contributed by atoms with van der Waals surface area (Å²) in [6.07, 6.45) is 5.84. The van der Waals surface area contributed by atoms with Gasteiger partial charge in [-0.05, 0) is 24.3 Å². The van der Waals surface area contributed by atoms with E-state index in [1.165, 1.54) is 4.40 Å². The molecule has 0 aliphatic carbocycles. The summed E-state index contributed by atoms with van der Waals surface area (Å²) in [6.45, 7) is 1.14. The Hall–Kier alpha value is -2.60. The van der Waals surface area contributed by atoms with Crippen LogP contribution in [-0.4, -0.2) is 31.3 Å². The smallest absolute Gasteiger partial charge is 0.263 e. The molecule has 0 saturated carbocycles. The molecule has 0 fully saturated rings. The van der Waals surface area contributed by atoms with Crippen LogP contribution in [0.1, 0.15) is 11.3 Å². The maximum Gasteiger partial charge on any atom is 0.263 e. The van der Waals surface area contributed by atoms with Crippen LogP contribution in [0.25, 0.3) is 5.65 Å². The second-order valence-electron chi connectivity index (χ2n) is 5.84. The highest BCUT2D eigenvalue weighted by Gasteiger charge is 2.25. The number of amides is 1. The van der Waals surface area contributed by atoms with Crippen LogP contribution in [0.5, 0.6) is 0 Å². The lowest BCUT2D eigenvalue weighted by molar-refractivity contribution is -0.132. The van der Waals surface area contributed by atoms with Crippen molar-refractivity contribution in [2.24, 2.45) is 0 Å². The molecule has 1 aliphatic heterocycles.